The Bertz CT molecular complexity index is 1730. The van der Waals surface area contributed by atoms with Crippen LogP contribution >= 0.6 is 0 Å². The largest absolute Gasteiger partial charge is 0.323 e. The maximum absolute atomic E-state index is 13.5. The summed E-state index contributed by atoms with van der Waals surface area (Å²) in [4.78, 5) is 33.0. The van der Waals surface area contributed by atoms with Gasteiger partial charge in [0.1, 0.15) is 12.4 Å². The van der Waals surface area contributed by atoms with Crippen molar-refractivity contribution in [2.45, 2.75) is 20.5 Å². The first-order chi connectivity index (χ1) is 18.4. The van der Waals surface area contributed by atoms with Crippen molar-refractivity contribution in [2.75, 3.05) is 10.6 Å². The van der Waals surface area contributed by atoms with Crippen LogP contribution in [-0.4, -0.2) is 30.8 Å². The first-order valence-electron chi connectivity index (χ1n) is 11.8. The highest BCUT2D eigenvalue weighted by molar-refractivity contribution is 6.04. The highest BCUT2D eigenvalue weighted by Crippen LogP contribution is 2.21. The molecule has 0 bridgehead atoms. The number of imidazole rings is 2. The minimum absolute atomic E-state index is 0.186. The fourth-order valence-corrected chi connectivity index (χ4v) is 4.01. The van der Waals surface area contributed by atoms with Gasteiger partial charge in [0.2, 0.25) is 5.91 Å². The van der Waals surface area contributed by atoms with Crippen LogP contribution in [0.15, 0.2) is 79.6 Å². The van der Waals surface area contributed by atoms with Gasteiger partial charge >= 0.3 is 0 Å². The Labute approximate surface area is 218 Å². The van der Waals surface area contributed by atoms with Gasteiger partial charge in [0, 0.05) is 48.0 Å². The van der Waals surface area contributed by atoms with E-state index in [9.17, 15) is 14.0 Å². The van der Waals surface area contributed by atoms with E-state index in [-0.39, 0.29) is 11.8 Å². The molecule has 0 aliphatic heterocycles. The summed E-state index contributed by atoms with van der Waals surface area (Å²) < 4.78 is 17.0. The molecule has 9 heteroatoms. The van der Waals surface area contributed by atoms with E-state index in [0.717, 1.165) is 5.56 Å². The summed E-state index contributed by atoms with van der Waals surface area (Å²) in [6.07, 6.45) is 8.44. The van der Waals surface area contributed by atoms with Gasteiger partial charge in [-0.05, 0) is 66.4 Å². The van der Waals surface area contributed by atoms with Crippen molar-refractivity contribution in [1.82, 2.24) is 18.9 Å². The van der Waals surface area contributed by atoms with E-state index >= 15 is 0 Å². The molecule has 5 aromatic rings. The summed E-state index contributed by atoms with van der Waals surface area (Å²) >= 11 is 0. The second-order valence-electron chi connectivity index (χ2n) is 8.67. The van der Waals surface area contributed by atoms with Crippen LogP contribution in [0.3, 0.4) is 0 Å². The van der Waals surface area contributed by atoms with E-state index in [2.05, 4.69) is 32.4 Å². The van der Waals surface area contributed by atoms with Gasteiger partial charge in [-0.1, -0.05) is 12.0 Å². The molecule has 0 radical (unpaired) electrons. The van der Waals surface area contributed by atoms with Crippen LogP contribution in [0, 0.1) is 18.8 Å². The Hall–Kier alpha value is -5.23. The number of halogens is 1. The minimum Gasteiger partial charge on any atom is -0.323 e. The standard InChI is InChI=1S/C29H23FN6O2/c1-19-5-6-23(29(38)34-24-12-21(16-30)13-26(15-24)35-11-9-31-18-35)14-22(19)7-8-25-17-32-28-27(33-20(2)37)4-3-10-36(25)28/h3-6,9-15,17-18H,16H2,1-2H3,(H,33,37)(H,34,38). The summed E-state index contributed by atoms with van der Waals surface area (Å²) in [5.74, 6) is 5.73. The van der Waals surface area contributed by atoms with Gasteiger partial charge in [0.15, 0.2) is 5.65 Å². The first-order valence-corrected chi connectivity index (χ1v) is 11.8. The Morgan fingerprint density at radius 3 is 2.68 bits per heavy atom. The van der Waals surface area contributed by atoms with Gasteiger partial charge in [-0.3, -0.25) is 14.0 Å². The fraction of sp³-hybridized carbons (Fsp3) is 0.103. The molecule has 5 rings (SSSR count). The molecule has 0 atom stereocenters. The molecule has 8 nitrogen and oxygen atoms in total. The number of fused-ring (bicyclic) bond motifs is 1. The molecule has 0 spiro atoms. The fourth-order valence-electron chi connectivity index (χ4n) is 4.01. The van der Waals surface area contributed by atoms with Crippen molar-refractivity contribution in [2.24, 2.45) is 0 Å². The molecule has 0 aliphatic rings. The van der Waals surface area contributed by atoms with Crippen LogP contribution < -0.4 is 10.6 Å². The van der Waals surface area contributed by atoms with E-state index in [0.29, 0.717) is 45.1 Å². The number of aryl methyl sites for hydroxylation is 1. The number of pyridine rings is 1. The van der Waals surface area contributed by atoms with Crippen molar-refractivity contribution in [1.29, 1.82) is 0 Å². The van der Waals surface area contributed by atoms with Crippen LogP contribution in [0.1, 0.15) is 39.7 Å². The number of nitrogens with one attached hydrogen (secondary N) is 2. The number of hydrogen-bond donors (Lipinski definition) is 2. The van der Waals surface area contributed by atoms with Gasteiger partial charge in [-0.25, -0.2) is 14.4 Å². The second-order valence-corrected chi connectivity index (χ2v) is 8.67. The predicted octanol–water partition coefficient (Wildman–Crippen LogP) is 4.91. The van der Waals surface area contributed by atoms with Gasteiger partial charge in [0.05, 0.1) is 18.2 Å². The predicted molar refractivity (Wildman–Crippen MR) is 143 cm³/mol. The molecule has 188 valence electrons. The zero-order valence-corrected chi connectivity index (χ0v) is 20.7. The van der Waals surface area contributed by atoms with Gasteiger partial charge in [-0.15, -0.1) is 0 Å². The van der Waals surface area contributed by atoms with Crippen molar-refractivity contribution in [3.05, 3.63) is 108 Å². The molecule has 0 saturated carbocycles. The van der Waals surface area contributed by atoms with Crippen molar-refractivity contribution in [3.8, 4) is 17.5 Å². The van der Waals surface area contributed by atoms with Gasteiger partial charge in [-0.2, -0.15) is 0 Å². The Balaban J connectivity index is 1.41. The number of alkyl halides is 1. The minimum atomic E-state index is -0.661. The lowest BCUT2D eigenvalue weighted by atomic mass is 10.0. The maximum Gasteiger partial charge on any atom is 0.255 e. The Morgan fingerprint density at radius 2 is 1.92 bits per heavy atom. The van der Waals surface area contributed by atoms with E-state index < -0.39 is 6.67 Å². The smallest absolute Gasteiger partial charge is 0.255 e. The van der Waals surface area contributed by atoms with Crippen LogP contribution in [0.5, 0.6) is 0 Å². The van der Waals surface area contributed by atoms with Crippen LogP contribution in [0.2, 0.25) is 0 Å². The number of carbonyl (C=O) groups is 2. The average Bonchev–Trinajstić information content (AvgIpc) is 3.59. The molecular weight excluding hydrogens is 483 g/mol. The molecule has 0 fully saturated rings. The number of carbonyl (C=O) groups excluding carboxylic acids is 2. The van der Waals surface area contributed by atoms with Crippen molar-refractivity contribution >= 4 is 28.8 Å². The zero-order valence-electron chi connectivity index (χ0n) is 20.7. The number of hydrogen-bond acceptors (Lipinski definition) is 4. The summed E-state index contributed by atoms with van der Waals surface area (Å²) in [5.41, 5.74) is 5.43. The van der Waals surface area contributed by atoms with Crippen LogP contribution in [0.25, 0.3) is 11.3 Å². The van der Waals surface area contributed by atoms with Crippen molar-refractivity contribution in [3.63, 3.8) is 0 Å². The number of rotatable bonds is 5. The van der Waals surface area contributed by atoms with E-state index in [4.69, 9.17) is 0 Å². The quantitative estimate of drug-likeness (QED) is 0.331. The highest BCUT2D eigenvalue weighted by Gasteiger charge is 2.11. The highest BCUT2D eigenvalue weighted by atomic mass is 19.1. The number of anilines is 2. The number of aromatic nitrogens is 4. The lowest BCUT2D eigenvalue weighted by Crippen LogP contribution is -2.13. The van der Waals surface area contributed by atoms with Crippen LogP contribution in [0.4, 0.5) is 15.8 Å². The van der Waals surface area contributed by atoms with E-state index in [1.165, 1.54) is 6.92 Å². The third kappa shape index (κ3) is 5.15. The van der Waals surface area contributed by atoms with Gasteiger partial charge in [0.25, 0.3) is 5.91 Å². The molecule has 2 aromatic carbocycles. The molecule has 0 saturated heterocycles. The molecule has 3 heterocycles. The SMILES string of the molecule is CC(=O)Nc1cccn2c(C#Cc3cc(C(=O)Nc4cc(CF)cc(-n5ccnc5)c4)ccc3C)cnc12. The molecule has 2 N–H and O–H groups in total. The monoisotopic (exact) mass is 506 g/mol. The molecule has 3 aromatic heterocycles. The molecular formula is C29H23FN6O2. The average molecular weight is 507 g/mol. The molecule has 0 unspecified atom stereocenters. The van der Waals surface area contributed by atoms with E-state index in [1.54, 1.807) is 76.4 Å². The number of benzene rings is 2. The normalized spacial score (nSPS) is 10.6. The molecule has 38 heavy (non-hydrogen) atoms. The van der Waals surface area contributed by atoms with E-state index in [1.807, 2.05) is 19.2 Å². The lowest BCUT2D eigenvalue weighted by Gasteiger charge is -2.11. The summed E-state index contributed by atoms with van der Waals surface area (Å²) in [6, 6.07) is 13.9. The second kappa shape index (κ2) is 10.4. The van der Waals surface area contributed by atoms with Gasteiger partial charge < -0.3 is 15.2 Å². The third-order valence-corrected chi connectivity index (χ3v) is 5.86. The van der Waals surface area contributed by atoms with Crippen LogP contribution in [-0.2, 0) is 11.5 Å². The summed E-state index contributed by atoms with van der Waals surface area (Å²) in [5, 5.41) is 5.62. The zero-order chi connectivity index (χ0) is 26.6. The number of nitrogens with zero attached hydrogens (tertiary/aromatic N) is 4. The lowest BCUT2D eigenvalue weighted by molar-refractivity contribution is -0.114. The molecule has 2 amide bonds. The van der Waals surface area contributed by atoms with Crippen molar-refractivity contribution < 1.29 is 14.0 Å². The summed E-state index contributed by atoms with van der Waals surface area (Å²) in [6.45, 7) is 2.69. The maximum atomic E-state index is 13.5. The third-order valence-electron chi connectivity index (χ3n) is 5.86. The topological polar surface area (TPSA) is 93.3 Å². The first kappa shape index (κ1) is 24.5. The molecule has 0 aliphatic carbocycles. The Kier molecular flexibility index (Phi) is 6.70. The number of amides is 2. The summed E-state index contributed by atoms with van der Waals surface area (Å²) in [7, 11) is 0. The Morgan fingerprint density at radius 1 is 1.05 bits per heavy atom.